The number of hydrogen-bond acceptors (Lipinski definition) is 4. The van der Waals surface area contributed by atoms with E-state index in [1.807, 2.05) is 12.1 Å². The molecule has 1 spiro atoms. The Labute approximate surface area is 159 Å². The van der Waals surface area contributed by atoms with Gasteiger partial charge in [-0.1, -0.05) is 36.4 Å². The SMILES string of the molecule is COP(=O)(Oc1ccccc1)Oc1ccccc1.[CH]12[CH]3[CH]4[CH]5[CH]1[Fe]23451678[CH]2[CH]1[CH]6[CH]7[CH]28. The summed E-state index contributed by atoms with van der Waals surface area (Å²) in [5.41, 5.74) is 0. The fourth-order valence-corrected chi connectivity index (χ4v) is 90.3. The first-order chi connectivity index (χ1) is 13.9. The van der Waals surface area contributed by atoms with Gasteiger partial charge in [-0.3, -0.25) is 4.52 Å². The van der Waals surface area contributed by atoms with Crippen LogP contribution in [-0.2, 0) is 15.6 Å². The Morgan fingerprint density at radius 2 is 0.931 bits per heavy atom. The zero-order chi connectivity index (χ0) is 18.9. The van der Waals surface area contributed by atoms with Gasteiger partial charge in [0.2, 0.25) is 0 Å². The molecule has 0 N–H and O–H groups in total. The molecule has 0 saturated carbocycles. The van der Waals surface area contributed by atoms with E-state index in [9.17, 15) is 4.57 Å². The fraction of sp³-hybridized carbons (Fsp3) is 0.478. The van der Waals surface area contributed by atoms with E-state index in [2.05, 4.69) is 0 Å². The Kier molecular flexibility index (Phi) is 0.874. The Hall–Kier alpha value is -1.25. The zero-order valence-electron chi connectivity index (χ0n) is 16.0. The van der Waals surface area contributed by atoms with Crippen LogP contribution in [0.4, 0.5) is 0 Å². The van der Waals surface area contributed by atoms with Crippen LogP contribution in [0.3, 0.4) is 0 Å². The molecule has 0 atom stereocenters. The third-order valence-corrected chi connectivity index (χ3v) is 59.9. The first kappa shape index (κ1) is 13.9. The second-order valence-electron chi connectivity index (χ2n) is 13.0. The van der Waals surface area contributed by atoms with Crippen LogP contribution in [0, 0.1) is 0 Å². The van der Waals surface area contributed by atoms with E-state index in [1.54, 1.807) is 96.7 Å². The van der Waals surface area contributed by atoms with Crippen molar-refractivity contribution >= 4 is 7.82 Å². The van der Waals surface area contributed by atoms with E-state index in [4.69, 9.17) is 13.6 Å². The number of para-hydroxylation sites is 2. The van der Waals surface area contributed by atoms with Crippen LogP contribution in [-0.4, -0.2) is 7.11 Å². The molecule has 10 saturated heterocycles. The first-order valence-electron chi connectivity index (χ1n) is 10.7. The van der Waals surface area contributed by atoms with Crippen molar-refractivity contribution in [3.05, 3.63) is 60.7 Å². The molecule has 0 bridgehead atoms. The molecule has 0 radical (unpaired) electrons. The molecule has 0 aliphatic carbocycles. The third-order valence-electron chi connectivity index (χ3n) is 16.7. The number of hydrogen-bond donors (Lipinski definition) is 0. The van der Waals surface area contributed by atoms with Crippen molar-refractivity contribution in [1.29, 1.82) is 0 Å². The Balaban J connectivity index is 0.0000000922. The van der Waals surface area contributed by atoms with E-state index >= 15 is 0 Å². The van der Waals surface area contributed by atoms with Crippen LogP contribution < -0.4 is 9.05 Å². The maximum absolute atomic E-state index is 12.3. The van der Waals surface area contributed by atoms with Gasteiger partial charge in [-0.25, -0.2) is 4.57 Å². The van der Waals surface area contributed by atoms with E-state index in [1.165, 1.54) is 7.11 Å². The molecule has 0 unspecified atom stereocenters. The number of fused-ring (bicyclic) bond motifs is 10. The third kappa shape index (κ3) is 0.316. The van der Waals surface area contributed by atoms with Gasteiger partial charge >= 0.3 is 62.5 Å². The molecular weight excluding hydrogens is 427 g/mol. The number of phosphoric acid groups is 1. The van der Waals surface area contributed by atoms with Gasteiger partial charge in [0, 0.05) is 7.11 Å². The second-order valence-corrected chi connectivity index (χ2v) is 38.6. The molecule has 10 aliphatic heterocycles. The standard InChI is InChI=1S/C13H13O4P.2C5H5.Fe/c1-15-18(14,16-12-8-4-2-5-9-12)17-13-10-6-3-7-11-13;2*1-2-4-5-3-1;/h2-11H,1H3;2*1-5H;. The minimum absolute atomic E-state index is 0.429. The van der Waals surface area contributed by atoms with Crippen molar-refractivity contribution in [2.75, 3.05) is 7.11 Å². The summed E-state index contributed by atoms with van der Waals surface area (Å²) in [5.74, 6) is 0.859. The van der Waals surface area contributed by atoms with Crippen molar-refractivity contribution < 1.29 is 24.6 Å². The maximum atomic E-state index is 12.3. The molecule has 10 heterocycles. The van der Waals surface area contributed by atoms with Gasteiger partial charge < -0.3 is 9.05 Å². The van der Waals surface area contributed by atoms with Gasteiger partial charge in [0.05, 0.1) is 0 Å². The predicted octanol–water partition coefficient (Wildman–Crippen LogP) is 7.27. The molecule has 10 fully saturated rings. The van der Waals surface area contributed by atoms with Crippen LogP contribution in [0.15, 0.2) is 60.7 Å². The molecule has 152 valence electrons. The Morgan fingerprint density at radius 3 is 1.14 bits per heavy atom. The Bertz CT molecular complexity index is 1300. The molecule has 6 heteroatoms. The number of benzene rings is 2. The summed E-state index contributed by atoms with van der Waals surface area (Å²) in [6.45, 7) is -2.28. The van der Waals surface area contributed by atoms with E-state index in [-0.39, 0.29) is 0 Å². The van der Waals surface area contributed by atoms with Gasteiger partial charge in [0.25, 0.3) is 0 Å². The first-order valence-corrected chi connectivity index (χ1v) is 18.6. The quantitative estimate of drug-likeness (QED) is 0.355. The van der Waals surface area contributed by atoms with Gasteiger partial charge in [-0.2, -0.15) is 0 Å². The number of phosphoric ester groups is 1. The summed E-state index contributed by atoms with van der Waals surface area (Å²) in [6, 6.07) is 17.5. The van der Waals surface area contributed by atoms with Crippen LogP contribution in [0.5, 0.6) is 11.5 Å². The van der Waals surface area contributed by atoms with Crippen molar-refractivity contribution in [2.24, 2.45) is 0 Å². The van der Waals surface area contributed by atoms with Crippen LogP contribution in [0.2, 0.25) is 48.2 Å². The number of rotatable bonds is 5. The normalized spacial score (nSPS) is 71.6. The van der Waals surface area contributed by atoms with Crippen molar-refractivity contribution in [2.45, 2.75) is 48.2 Å². The average molecular weight is 450 g/mol. The van der Waals surface area contributed by atoms with Crippen LogP contribution in [0.25, 0.3) is 0 Å². The monoisotopic (exact) mass is 450 g/mol. The molecule has 2 aromatic carbocycles. The molecule has 10 aliphatic rings. The summed E-state index contributed by atoms with van der Waals surface area (Å²) in [7, 11) is -2.36. The molecule has 4 nitrogen and oxygen atoms in total. The summed E-state index contributed by atoms with van der Waals surface area (Å²) in [4.78, 5) is 15.9. The summed E-state index contributed by atoms with van der Waals surface area (Å²) >= 11 is 0. The molecule has 0 amide bonds. The summed E-state index contributed by atoms with van der Waals surface area (Å²) in [5, 5.41) is 0. The van der Waals surface area contributed by atoms with E-state index in [0.29, 0.717) is 11.5 Å². The van der Waals surface area contributed by atoms with Crippen molar-refractivity contribution in [1.82, 2.24) is 0 Å². The minimum atomic E-state index is -3.64. The van der Waals surface area contributed by atoms with Crippen molar-refractivity contribution in [3.8, 4) is 11.5 Å². The van der Waals surface area contributed by atoms with Gasteiger partial charge in [0.15, 0.2) is 0 Å². The summed E-state index contributed by atoms with van der Waals surface area (Å²) < 4.78 is 27.6. The Morgan fingerprint density at radius 1 is 0.621 bits per heavy atom. The second kappa shape index (κ2) is 1.82. The van der Waals surface area contributed by atoms with Gasteiger partial charge in [-0.15, -0.1) is 0 Å². The predicted molar refractivity (Wildman–Crippen MR) is 106 cm³/mol. The van der Waals surface area contributed by atoms with Gasteiger partial charge in [0.1, 0.15) is 11.5 Å². The summed E-state index contributed by atoms with van der Waals surface area (Å²) in [6.07, 6.45) is 0. The molecule has 0 aromatic heterocycles. The fourth-order valence-electron chi connectivity index (χ4n) is 17.1. The molecule has 29 heavy (non-hydrogen) atoms. The topological polar surface area (TPSA) is 44.8 Å². The van der Waals surface area contributed by atoms with Crippen LogP contribution in [0.1, 0.15) is 0 Å². The van der Waals surface area contributed by atoms with E-state index < -0.39 is 14.3 Å². The molecule has 2 aromatic rings. The zero-order valence-corrected chi connectivity index (χ0v) is 18.0. The van der Waals surface area contributed by atoms with E-state index in [0.717, 1.165) is 0 Å². The van der Waals surface area contributed by atoms with Crippen LogP contribution >= 0.6 is 7.82 Å². The van der Waals surface area contributed by atoms with Crippen molar-refractivity contribution in [3.63, 3.8) is 0 Å². The molecule has 12 rings (SSSR count). The molecular formula is C23H23FeO4P. The average Bonchev–Trinajstić information content (AvgIpc) is 3.68. The van der Waals surface area contributed by atoms with Gasteiger partial charge in [-0.05, 0) is 24.3 Å².